The van der Waals surface area contributed by atoms with E-state index in [1.807, 2.05) is 12.1 Å². The zero-order valence-electron chi connectivity index (χ0n) is 10.4. The van der Waals surface area contributed by atoms with Gasteiger partial charge in [-0.05, 0) is 31.5 Å². The van der Waals surface area contributed by atoms with E-state index in [4.69, 9.17) is 0 Å². The molecule has 18 heavy (non-hydrogen) atoms. The molecule has 1 aliphatic rings. The third-order valence-corrected chi connectivity index (χ3v) is 3.04. The van der Waals surface area contributed by atoms with Crippen molar-refractivity contribution in [2.75, 3.05) is 19.6 Å². The third kappa shape index (κ3) is 4.72. The third-order valence-electron chi connectivity index (χ3n) is 3.04. The zero-order chi connectivity index (χ0) is 11.9. The second-order valence-corrected chi connectivity index (χ2v) is 4.42. The van der Waals surface area contributed by atoms with Crippen LogP contribution in [0.5, 0.6) is 0 Å². The molecule has 2 N–H and O–H groups in total. The van der Waals surface area contributed by atoms with Gasteiger partial charge in [-0.3, -0.25) is 9.78 Å². The van der Waals surface area contributed by atoms with Gasteiger partial charge in [0.15, 0.2) is 5.78 Å². The first-order chi connectivity index (χ1) is 8.36. The maximum absolute atomic E-state index is 11.7. The number of rotatable bonds is 5. The van der Waals surface area contributed by atoms with E-state index in [0.717, 1.165) is 13.1 Å². The van der Waals surface area contributed by atoms with Crippen LogP contribution in [0.1, 0.15) is 29.8 Å². The summed E-state index contributed by atoms with van der Waals surface area (Å²) >= 11 is 0. The van der Waals surface area contributed by atoms with Crippen LogP contribution >= 0.6 is 12.4 Å². The molecule has 2 rings (SSSR count). The van der Waals surface area contributed by atoms with Crippen LogP contribution < -0.4 is 10.6 Å². The lowest BCUT2D eigenvalue weighted by Gasteiger charge is -2.23. The van der Waals surface area contributed by atoms with Gasteiger partial charge in [0.05, 0.1) is 6.54 Å². The van der Waals surface area contributed by atoms with Crippen LogP contribution in [-0.4, -0.2) is 36.4 Å². The Morgan fingerprint density at radius 2 is 2.33 bits per heavy atom. The van der Waals surface area contributed by atoms with Crippen molar-refractivity contribution < 1.29 is 4.79 Å². The molecule has 1 aromatic rings. The fourth-order valence-corrected chi connectivity index (χ4v) is 2.08. The molecule has 4 nitrogen and oxygen atoms in total. The molecule has 1 atom stereocenters. The minimum atomic E-state index is 0. The van der Waals surface area contributed by atoms with E-state index in [-0.39, 0.29) is 18.2 Å². The number of halogens is 1. The quantitative estimate of drug-likeness (QED) is 0.794. The van der Waals surface area contributed by atoms with Gasteiger partial charge in [0.2, 0.25) is 0 Å². The molecule has 1 aromatic heterocycles. The van der Waals surface area contributed by atoms with Gasteiger partial charge in [-0.25, -0.2) is 0 Å². The van der Waals surface area contributed by atoms with Gasteiger partial charge in [-0.2, -0.15) is 0 Å². The Morgan fingerprint density at radius 1 is 1.44 bits per heavy atom. The summed E-state index contributed by atoms with van der Waals surface area (Å²) in [6.45, 7) is 2.33. The van der Waals surface area contributed by atoms with Crippen molar-refractivity contribution in [3.05, 3.63) is 30.1 Å². The minimum absolute atomic E-state index is 0. The van der Waals surface area contributed by atoms with E-state index in [9.17, 15) is 4.79 Å². The molecule has 5 heteroatoms. The van der Waals surface area contributed by atoms with Gasteiger partial charge >= 0.3 is 0 Å². The highest BCUT2D eigenvalue weighted by Gasteiger charge is 2.12. The summed E-state index contributed by atoms with van der Waals surface area (Å²) in [5.74, 6) is 0.0569. The van der Waals surface area contributed by atoms with E-state index in [1.165, 1.54) is 19.3 Å². The predicted molar refractivity (Wildman–Crippen MR) is 74.3 cm³/mol. The van der Waals surface area contributed by atoms with Crippen molar-refractivity contribution in [3.8, 4) is 0 Å². The normalized spacial score (nSPS) is 19.0. The average Bonchev–Trinajstić information content (AvgIpc) is 2.41. The fourth-order valence-electron chi connectivity index (χ4n) is 2.08. The number of nitrogens with one attached hydrogen (secondary N) is 2. The Kier molecular flexibility index (Phi) is 6.86. The second-order valence-electron chi connectivity index (χ2n) is 4.42. The van der Waals surface area contributed by atoms with Crippen molar-refractivity contribution >= 4 is 18.2 Å². The number of pyridine rings is 1. The molecule has 1 aliphatic heterocycles. The van der Waals surface area contributed by atoms with E-state index >= 15 is 0 Å². The molecular formula is C13H20ClN3O. The largest absolute Gasteiger partial charge is 0.313 e. The zero-order valence-corrected chi connectivity index (χ0v) is 11.2. The van der Waals surface area contributed by atoms with Gasteiger partial charge in [-0.15, -0.1) is 12.4 Å². The molecule has 100 valence electrons. The lowest BCUT2D eigenvalue weighted by molar-refractivity contribution is 0.0985. The Bertz CT molecular complexity index is 353. The van der Waals surface area contributed by atoms with Gasteiger partial charge in [-0.1, -0.05) is 12.5 Å². The number of aromatic nitrogens is 1. The van der Waals surface area contributed by atoms with E-state index in [2.05, 4.69) is 15.6 Å². The van der Waals surface area contributed by atoms with Crippen LogP contribution in [0.3, 0.4) is 0 Å². The van der Waals surface area contributed by atoms with Crippen LogP contribution in [0.15, 0.2) is 24.4 Å². The first-order valence-electron chi connectivity index (χ1n) is 6.24. The van der Waals surface area contributed by atoms with Crippen LogP contribution in [-0.2, 0) is 0 Å². The maximum Gasteiger partial charge on any atom is 0.194 e. The highest BCUT2D eigenvalue weighted by molar-refractivity contribution is 5.95. The lowest BCUT2D eigenvalue weighted by atomic mass is 10.1. The smallest absolute Gasteiger partial charge is 0.194 e. The summed E-state index contributed by atoms with van der Waals surface area (Å²) in [6.07, 6.45) is 5.40. The van der Waals surface area contributed by atoms with E-state index in [0.29, 0.717) is 18.3 Å². The maximum atomic E-state index is 11.7. The van der Waals surface area contributed by atoms with E-state index < -0.39 is 0 Å². The van der Waals surface area contributed by atoms with Crippen LogP contribution in [0.25, 0.3) is 0 Å². The number of carbonyl (C=O) groups is 1. The molecule has 1 fully saturated rings. The molecule has 0 spiro atoms. The van der Waals surface area contributed by atoms with Crippen molar-refractivity contribution in [2.24, 2.45) is 0 Å². The number of hydrogen-bond donors (Lipinski definition) is 2. The Morgan fingerprint density at radius 3 is 3.00 bits per heavy atom. The molecule has 0 bridgehead atoms. The topological polar surface area (TPSA) is 54.0 Å². The molecule has 1 unspecified atom stereocenters. The molecule has 0 aliphatic carbocycles. The first kappa shape index (κ1) is 15.1. The fraction of sp³-hybridized carbons (Fsp3) is 0.538. The molecule has 0 radical (unpaired) electrons. The summed E-state index contributed by atoms with van der Waals surface area (Å²) in [5, 5.41) is 6.64. The summed E-state index contributed by atoms with van der Waals surface area (Å²) < 4.78 is 0. The van der Waals surface area contributed by atoms with Crippen molar-refractivity contribution in [3.63, 3.8) is 0 Å². The first-order valence-corrected chi connectivity index (χ1v) is 6.24. The lowest BCUT2D eigenvalue weighted by Crippen LogP contribution is -2.42. The predicted octanol–water partition coefficient (Wildman–Crippen LogP) is 1.42. The summed E-state index contributed by atoms with van der Waals surface area (Å²) in [5.41, 5.74) is 0.539. The summed E-state index contributed by atoms with van der Waals surface area (Å²) in [6, 6.07) is 5.92. The van der Waals surface area contributed by atoms with Crippen molar-refractivity contribution in [1.29, 1.82) is 0 Å². The monoisotopic (exact) mass is 269 g/mol. The number of Topliss-reactive ketones (excluding diaryl/α,β-unsaturated/α-hetero) is 1. The molecule has 0 saturated carbocycles. The minimum Gasteiger partial charge on any atom is -0.313 e. The van der Waals surface area contributed by atoms with Crippen LogP contribution in [0, 0.1) is 0 Å². The van der Waals surface area contributed by atoms with Crippen LogP contribution in [0.4, 0.5) is 0 Å². The molecule has 2 heterocycles. The van der Waals surface area contributed by atoms with Gasteiger partial charge in [0.1, 0.15) is 5.69 Å². The van der Waals surface area contributed by atoms with Crippen molar-refractivity contribution in [1.82, 2.24) is 15.6 Å². The number of ketones is 1. The SMILES string of the molecule is Cl.O=C(CNCC1CCCCN1)c1ccccn1. The highest BCUT2D eigenvalue weighted by atomic mass is 35.5. The second kappa shape index (κ2) is 8.19. The number of nitrogens with zero attached hydrogens (tertiary/aromatic N) is 1. The molecule has 1 saturated heterocycles. The summed E-state index contributed by atoms with van der Waals surface area (Å²) in [4.78, 5) is 15.8. The van der Waals surface area contributed by atoms with Crippen LogP contribution in [0.2, 0.25) is 0 Å². The Balaban J connectivity index is 0.00000162. The number of hydrogen-bond acceptors (Lipinski definition) is 4. The standard InChI is InChI=1S/C13H19N3O.ClH/c17-13(12-6-2-4-8-16-12)10-14-9-11-5-1-3-7-15-11;/h2,4,6,8,11,14-15H,1,3,5,7,9-10H2;1H. The Labute approximate surface area is 114 Å². The van der Waals surface area contributed by atoms with Gasteiger partial charge in [0, 0.05) is 18.8 Å². The van der Waals surface area contributed by atoms with Gasteiger partial charge < -0.3 is 10.6 Å². The molecule has 0 amide bonds. The number of piperidine rings is 1. The Hall–Kier alpha value is -0.970. The molecular weight excluding hydrogens is 250 g/mol. The summed E-state index contributed by atoms with van der Waals surface area (Å²) in [7, 11) is 0. The number of carbonyl (C=O) groups excluding carboxylic acids is 1. The van der Waals surface area contributed by atoms with Gasteiger partial charge in [0.25, 0.3) is 0 Å². The average molecular weight is 270 g/mol. The van der Waals surface area contributed by atoms with E-state index in [1.54, 1.807) is 12.3 Å². The molecule has 0 aromatic carbocycles. The highest BCUT2D eigenvalue weighted by Crippen LogP contribution is 2.05. The van der Waals surface area contributed by atoms with Crippen molar-refractivity contribution in [2.45, 2.75) is 25.3 Å².